The maximum absolute atomic E-state index is 13.2. The van der Waals surface area contributed by atoms with Crippen molar-refractivity contribution in [1.29, 1.82) is 0 Å². The van der Waals surface area contributed by atoms with Crippen LogP contribution in [0.15, 0.2) is 18.2 Å². The first-order valence-electron chi connectivity index (χ1n) is 4.37. The summed E-state index contributed by atoms with van der Waals surface area (Å²) in [5, 5.41) is 4.06. The van der Waals surface area contributed by atoms with Gasteiger partial charge in [0.1, 0.15) is 0 Å². The van der Waals surface area contributed by atoms with E-state index in [1.54, 1.807) is 6.07 Å². The second-order valence-corrected chi connectivity index (χ2v) is 3.63. The summed E-state index contributed by atoms with van der Waals surface area (Å²) in [5.74, 6) is -0.0279. The monoisotopic (exact) mass is 261 g/mol. The third-order valence-corrected chi connectivity index (χ3v) is 2.21. The number of halogens is 2. The van der Waals surface area contributed by atoms with Crippen molar-refractivity contribution in [2.45, 2.75) is 6.54 Å². The molecule has 0 saturated carbocycles. The maximum atomic E-state index is 13.2. The van der Waals surface area contributed by atoms with E-state index in [1.165, 1.54) is 13.2 Å². The molecule has 0 aromatic heterocycles. The first-order chi connectivity index (χ1) is 6.77. The molecular weight excluding hydrogens is 249 g/mol. The molecule has 0 amide bonds. The van der Waals surface area contributed by atoms with Gasteiger partial charge in [0.25, 0.3) is 0 Å². The molecule has 0 radical (unpaired) electrons. The highest BCUT2D eigenvalue weighted by atomic mass is 79.9. The van der Waals surface area contributed by atoms with Gasteiger partial charge in [-0.1, -0.05) is 22.0 Å². The molecule has 1 rings (SSSR count). The van der Waals surface area contributed by atoms with Gasteiger partial charge in [0, 0.05) is 18.4 Å². The first-order valence-corrected chi connectivity index (χ1v) is 5.49. The van der Waals surface area contributed by atoms with Crippen LogP contribution in [0.5, 0.6) is 5.75 Å². The number of methoxy groups -OCH3 is 1. The third kappa shape index (κ3) is 3.27. The van der Waals surface area contributed by atoms with Gasteiger partial charge in [-0.05, 0) is 17.7 Å². The van der Waals surface area contributed by atoms with E-state index in [9.17, 15) is 4.39 Å². The van der Waals surface area contributed by atoms with E-state index in [0.29, 0.717) is 6.54 Å². The van der Waals surface area contributed by atoms with Gasteiger partial charge in [0.2, 0.25) is 0 Å². The largest absolute Gasteiger partial charge is 0.494 e. The Morgan fingerprint density at radius 2 is 2.29 bits per heavy atom. The van der Waals surface area contributed by atoms with Crippen molar-refractivity contribution in [1.82, 2.24) is 5.32 Å². The van der Waals surface area contributed by atoms with Crippen LogP contribution in [0.1, 0.15) is 5.56 Å². The number of alkyl halides is 1. The average Bonchev–Trinajstić information content (AvgIpc) is 2.18. The average molecular weight is 262 g/mol. The molecule has 0 saturated heterocycles. The summed E-state index contributed by atoms with van der Waals surface area (Å²) in [6.07, 6.45) is 0. The third-order valence-electron chi connectivity index (χ3n) is 1.82. The molecule has 2 nitrogen and oxygen atoms in total. The summed E-state index contributed by atoms with van der Waals surface area (Å²) in [4.78, 5) is 0. The number of hydrogen-bond acceptors (Lipinski definition) is 2. The molecule has 0 bridgehead atoms. The minimum Gasteiger partial charge on any atom is -0.494 e. The standard InChI is InChI=1S/C10H13BrFNO/c1-14-10-3-2-8(6-9(10)12)7-13-5-4-11/h2-3,6,13H,4-5,7H2,1H3. The summed E-state index contributed by atoms with van der Waals surface area (Å²) in [6, 6.07) is 4.98. The fraction of sp³-hybridized carbons (Fsp3) is 0.400. The van der Waals surface area contributed by atoms with Crippen LogP contribution in [0.2, 0.25) is 0 Å². The lowest BCUT2D eigenvalue weighted by molar-refractivity contribution is 0.386. The van der Waals surface area contributed by atoms with Gasteiger partial charge in [-0.3, -0.25) is 0 Å². The van der Waals surface area contributed by atoms with Gasteiger partial charge in [0.15, 0.2) is 11.6 Å². The SMILES string of the molecule is COc1ccc(CNCCBr)cc1F. The van der Waals surface area contributed by atoms with E-state index in [0.717, 1.165) is 17.4 Å². The Morgan fingerprint density at radius 1 is 1.50 bits per heavy atom. The fourth-order valence-electron chi connectivity index (χ4n) is 1.12. The number of benzene rings is 1. The summed E-state index contributed by atoms with van der Waals surface area (Å²) in [5.41, 5.74) is 0.921. The lowest BCUT2D eigenvalue weighted by Crippen LogP contribution is -2.15. The van der Waals surface area contributed by atoms with Crippen molar-refractivity contribution in [2.24, 2.45) is 0 Å². The van der Waals surface area contributed by atoms with E-state index < -0.39 is 0 Å². The molecule has 1 aromatic carbocycles. The van der Waals surface area contributed by atoms with Gasteiger partial charge in [-0.25, -0.2) is 4.39 Å². The highest BCUT2D eigenvalue weighted by molar-refractivity contribution is 9.09. The van der Waals surface area contributed by atoms with Gasteiger partial charge < -0.3 is 10.1 Å². The van der Waals surface area contributed by atoms with Crippen LogP contribution in [0.4, 0.5) is 4.39 Å². The fourth-order valence-corrected chi connectivity index (χ4v) is 1.40. The first kappa shape index (κ1) is 11.5. The van der Waals surface area contributed by atoms with Gasteiger partial charge in [-0.2, -0.15) is 0 Å². The maximum Gasteiger partial charge on any atom is 0.165 e. The van der Waals surface area contributed by atoms with E-state index in [-0.39, 0.29) is 11.6 Å². The van der Waals surface area contributed by atoms with Crippen molar-refractivity contribution in [2.75, 3.05) is 19.0 Å². The van der Waals surface area contributed by atoms with Crippen LogP contribution in [-0.2, 0) is 6.54 Å². The zero-order valence-electron chi connectivity index (χ0n) is 8.02. The minimum atomic E-state index is -0.314. The lowest BCUT2D eigenvalue weighted by Gasteiger charge is -2.05. The molecular formula is C10H13BrFNO. The van der Waals surface area contributed by atoms with Crippen molar-refractivity contribution >= 4 is 15.9 Å². The number of ether oxygens (including phenoxy) is 1. The molecule has 14 heavy (non-hydrogen) atoms. The highest BCUT2D eigenvalue weighted by Gasteiger charge is 2.02. The topological polar surface area (TPSA) is 21.3 Å². The Kier molecular flexibility index (Phi) is 4.90. The van der Waals surface area contributed by atoms with Crippen LogP contribution in [-0.4, -0.2) is 19.0 Å². The summed E-state index contributed by atoms with van der Waals surface area (Å²) in [6.45, 7) is 1.54. The van der Waals surface area contributed by atoms with Crippen molar-refractivity contribution in [3.63, 3.8) is 0 Å². The van der Waals surface area contributed by atoms with Gasteiger partial charge >= 0.3 is 0 Å². The molecule has 0 unspecified atom stereocenters. The van der Waals surface area contributed by atoms with Crippen LogP contribution < -0.4 is 10.1 Å². The Morgan fingerprint density at radius 3 is 2.86 bits per heavy atom. The minimum absolute atomic E-state index is 0.286. The quantitative estimate of drug-likeness (QED) is 0.649. The number of hydrogen-bond donors (Lipinski definition) is 1. The van der Waals surface area contributed by atoms with Crippen LogP contribution in [0.25, 0.3) is 0 Å². The molecule has 0 spiro atoms. The summed E-state index contributed by atoms with van der Waals surface area (Å²) < 4.78 is 18.0. The lowest BCUT2D eigenvalue weighted by atomic mass is 10.2. The van der Waals surface area contributed by atoms with Crippen LogP contribution >= 0.6 is 15.9 Å². The van der Waals surface area contributed by atoms with E-state index in [4.69, 9.17) is 4.74 Å². The molecule has 78 valence electrons. The van der Waals surface area contributed by atoms with E-state index in [2.05, 4.69) is 21.2 Å². The molecule has 0 heterocycles. The summed E-state index contributed by atoms with van der Waals surface area (Å²) >= 11 is 3.30. The molecule has 1 aromatic rings. The zero-order chi connectivity index (χ0) is 10.4. The molecule has 0 aliphatic rings. The second-order valence-electron chi connectivity index (χ2n) is 2.83. The van der Waals surface area contributed by atoms with Crippen molar-refractivity contribution in [3.8, 4) is 5.75 Å². The number of rotatable bonds is 5. The molecule has 0 aliphatic carbocycles. The Labute approximate surface area is 91.6 Å². The smallest absolute Gasteiger partial charge is 0.165 e. The Hall–Kier alpha value is -0.610. The second kappa shape index (κ2) is 5.98. The van der Waals surface area contributed by atoms with Crippen LogP contribution in [0.3, 0.4) is 0 Å². The predicted molar refractivity (Wildman–Crippen MR) is 58.5 cm³/mol. The van der Waals surface area contributed by atoms with E-state index >= 15 is 0 Å². The van der Waals surface area contributed by atoms with Gasteiger partial charge in [0.05, 0.1) is 7.11 Å². The molecule has 1 N–H and O–H groups in total. The van der Waals surface area contributed by atoms with Crippen molar-refractivity contribution in [3.05, 3.63) is 29.6 Å². The predicted octanol–water partition coefficient (Wildman–Crippen LogP) is 2.32. The molecule has 0 fully saturated rings. The van der Waals surface area contributed by atoms with Gasteiger partial charge in [-0.15, -0.1) is 0 Å². The summed E-state index contributed by atoms with van der Waals surface area (Å²) in [7, 11) is 1.46. The molecule has 4 heteroatoms. The van der Waals surface area contributed by atoms with E-state index in [1.807, 2.05) is 6.07 Å². The molecule has 0 atom stereocenters. The highest BCUT2D eigenvalue weighted by Crippen LogP contribution is 2.17. The Bertz CT molecular complexity index is 293. The normalized spacial score (nSPS) is 10.2. The van der Waals surface area contributed by atoms with Crippen LogP contribution in [0, 0.1) is 5.82 Å². The molecule has 0 aliphatic heterocycles. The zero-order valence-corrected chi connectivity index (χ0v) is 9.60. The van der Waals surface area contributed by atoms with Crippen molar-refractivity contribution < 1.29 is 9.13 Å². The Balaban J connectivity index is 2.57. The number of nitrogens with one attached hydrogen (secondary N) is 1.